The fourth-order valence-corrected chi connectivity index (χ4v) is 3.06. The summed E-state index contributed by atoms with van der Waals surface area (Å²) in [6, 6.07) is 12.3. The Morgan fingerprint density at radius 3 is 2.46 bits per heavy atom. The molecule has 6 nitrogen and oxygen atoms in total. The van der Waals surface area contributed by atoms with Crippen molar-refractivity contribution < 1.29 is 14.4 Å². The lowest BCUT2D eigenvalue weighted by molar-refractivity contribution is -0.117. The highest BCUT2D eigenvalue weighted by Gasteiger charge is 2.22. The summed E-state index contributed by atoms with van der Waals surface area (Å²) < 4.78 is 0. The number of nitrogens with one attached hydrogen (secondary N) is 2. The molecule has 3 rings (SSSR count). The predicted octanol–water partition coefficient (Wildman–Crippen LogP) is 2.51. The molecule has 0 aromatic heterocycles. The third kappa shape index (κ3) is 3.74. The molecule has 1 fully saturated rings. The average Bonchev–Trinajstić information content (AvgIpc) is 3.05. The van der Waals surface area contributed by atoms with Crippen LogP contribution in [0.4, 0.5) is 5.69 Å². The summed E-state index contributed by atoms with van der Waals surface area (Å²) in [6.45, 7) is 4.46. The van der Waals surface area contributed by atoms with Crippen molar-refractivity contribution in [1.29, 1.82) is 0 Å². The Labute approximate surface area is 152 Å². The first-order valence-corrected chi connectivity index (χ1v) is 8.54. The lowest BCUT2D eigenvalue weighted by atomic mass is 10.1. The third-order valence-electron chi connectivity index (χ3n) is 4.41. The van der Waals surface area contributed by atoms with Gasteiger partial charge in [0.15, 0.2) is 0 Å². The van der Waals surface area contributed by atoms with Crippen LogP contribution in [0.25, 0.3) is 0 Å². The van der Waals surface area contributed by atoms with E-state index in [-0.39, 0.29) is 11.8 Å². The molecule has 0 unspecified atom stereocenters. The number of hydrogen-bond donors (Lipinski definition) is 2. The van der Waals surface area contributed by atoms with Gasteiger partial charge in [-0.1, -0.05) is 23.8 Å². The summed E-state index contributed by atoms with van der Waals surface area (Å²) in [7, 11) is 0. The molecule has 0 spiro atoms. The van der Waals surface area contributed by atoms with Gasteiger partial charge in [-0.2, -0.15) is 0 Å². The van der Waals surface area contributed by atoms with Crippen molar-refractivity contribution in [3.63, 3.8) is 0 Å². The van der Waals surface area contributed by atoms with Gasteiger partial charge in [0.2, 0.25) is 5.91 Å². The van der Waals surface area contributed by atoms with E-state index in [0.717, 1.165) is 17.5 Å². The van der Waals surface area contributed by atoms with Crippen LogP contribution >= 0.6 is 0 Å². The number of rotatable bonds is 3. The zero-order chi connectivity index (χ0) is 18.7. The number of nitrogens with zero attached hydrogens (tertiary/aromatic N) is 1. The summed E-state index contributed by atoms with van der Waals surface area (Å²) in [5.74, 6) is -0.746. The molecule has 2 N–H and O–H groups in total. The zero-order valence-electron chi connectivity index (χ0n) is 14.8. The van der Waals surface area contributed by atoms with Gasteiger partial charge in [-0.3, -0.25) is 25.2 Å². The molecule has 1 aliphatic rings. The Bertz CT molecular complexity index is 876. The Kier molecular flexibility index (Phi) is 5.02. The predicted molar refractivity (Wildman–Crippen MR) is 98.9 cm³/mol. The van der Waals surface area contributed by atoms with Crippen LogP contribution in [0.5, 0.6) is 0 Å². The summed E-state index contributed by atoms with van der Waals surface area (Å²) in [5.41, 5.74) is 8.35. The first-order valence-electron chi connectivity index (χ1n) is 8.54. The maximum atomic E-state index is 12.3. The van der Waals surface area contributed by atoms with Gasteiger partial charge in [0, 0.05) is 29.8 Å². The number of carbonyl (C=O) groups excluding carboxylic acids is 3. The van der Waals surface area contributed by atoms with E-state index in [9.17, 15) is 14.4 Å². The molecule has 2 aromatic carbocycles. The molecular formula is C20H21N3O3. The van der Waals surface area contributed by atoms with Crippen molar-refractivity contribution in [2.24, 2.45) is 0 Å². The molecule has 0 atom stereocenters. The van der Waals surface area contributed by atoms with Crippen molar-refractivity contribution in [3.05, 3.63) is 64.7 Å². The highest BCUT2D eigenvalue weighted by Crippen LogP contribution is 2.22. The molecule has 0 aliphatic carbocycles. The number of amides is 3. The minimum atomic E-state index is -0.434. The third-order valence-corrected chi connectivity index (χ3v) is 4.41. The molecule has 0 saturated carbocycles. The van der Waals surface area contributed by atoms with Crippen LogP contribution in [0.3, 0.4) is 0 Å². The first kappa shape index (κ1) is 17.7. The lowest BCUT2D eigenvalue weighted by Crippen LogP contribution is -2.42. The SMILES string of the molecule is Cc1ccc(C(=O)NNC(=O)c2cccc(N3CCCC3=O)c2)c(C)c1. The van der Waals surface area contributed by atoms with E-state index in [4.69, 9.17) is 0 Å². The number of aryl methyl sites for hydroxylation is 2. The molecule has 1 saturated heterocycles. The smallest absolute Gasteiger partial charge is 0.269 e. The monoisotopic (exact) mass is 351 g/mol. The highest BCUT2D eigenvalue weighted by molar-refractivity contribution is 6.01. The summed E-state index contributed by atoms with van der Waals surface area (Å²) in [4.78, 5) is 38.1. The van der Waals surface area contributed by atoms with E-state index in [1.54, 1.807) is 35.2 Å². The molecule has 1 heterocycles. The Balaban J connectivity index is 1.66. The van der Waals surface area contributed by atoms with Crippen molar-refractivity contribution in [2.45, 2.75) is 26.7 Å². The van der Waals surface area contributed by atoms with Crippen LogP contribution in [-0.4, -0.2) is 24.3 Å². The Morgan fingerprint density at radius 2 is 1.77 bits per heavy atom. The largest absolute Gasteiger partial charge is 0.312 e. The number of hydrogen-bond acceptors (Lipinski definition) is 3. The summed E-state index contributed by atoms with van der Waals surface area (Å²) >= 11 is 0. The van der Waals surface area contributed by atoms with Crippen LogP contribution < -0.4 is 15.8 Å². The van der Waals surface area contributed by atoms with Gasteiger partial charge in [-0.05, 0) is 50.1 Å². The number of hydrazine groups is 1. The van der Waals surface area contributed by atoms with Crippen LogP contribution in [-0.2, 0) is 4.79 Å². The average molecular weight is 351 g/mol. The number of benzene rings is 2. The van der Waals surface area contributed by atoms with Gasteiger partial charge >= 0.3 is 0 Å². The Hall–Kier alpha value is -3.15. The second kappa shape index (κ2) is 7.39. The van der Waals surface area contributed by atoms with Crippen molar-refractivity contribution in [3.8, 4) is 0 Å². The highest BCUT2D eigenvalue weighted by atomic mass is 16.2. The van der Waals surface area contributed by atoms with Crippen LogP contribution in [0.2, 0.25) is 0 Å². The first-order chi connectivity index (χ1) is 12.5. The molecule has 1 aliphatic heterocycles. The van der Waals surface area contributed by atoms with Gasteiger partial charge in [-0.15, -0.1) is 0 Å². The maximum Gasteiger partial charge on any atom is 0.269 e. The van der Waals surface area contributed by atoms with Crippen molar-refractivity contribution in [2.75, 3.05) is 11.4 Å². The molecule has 6 heteroatoms. The van der Waals surface area contributed by atoms with Crippen molar-refractivity contribution in [1.82, 2.24) is 10.9 Å². The van der Waals surface area contributed by atoms with Gasteiger partial charge in [0.25, 0.3) is 11.8 Å². The van der Waals surface area contributed by atoms with E-state index in [0.29, 0.717) is 29.8 Å². The van der Waals surface area contributed by atoms with E-state index in [2.05, 4.69) is 10.9 Å². The quantitative estimate of drug-likeness (QED) is 0.834. The summed E-state index contributed by atoms with van der Waals surface area (Å²) in [5, 5.41) is 0. The summed E-state index contributed by atoms with van der Waals surface area (Å²) in [6.07, 6.45) is 1.35. The minimum absolute atomic E-state index is 0.0608. The van der Waals surface area contributed by atoms with Gasteiger partial charge in [-0.25, -0.2) is 0 Å². The molecule has 3 amide bonds. The number of carbonyl (C=O) groups is 3. The maximum absolute atomic E-state index is 12.3. The zero-order valence-corrected chi connectivity index (χ0v) is 14.8. The van der Waals surface area contributed by atoms with E-state index < -0.39 is 5.91 Å². The molecule has 0 bridgehead atoms. The van der Waals surface area contributed by atoms with Gasteiger partial charge < -0.3 is 4.90 Å². The molecule has 134 valence electrons. The fourth-order valence-electron chi connectivity index (χ4n) is 3.06. The van der Waals surface area contributed by atoms with Gasteiger partial charge in [0.1, 0.15) is 0 Å². The fraction of sp³-hybridized carbons (Fsp3) is 0.250. The van der Waals surface area contributed by atoms with Crippen LogP contribution in [0, 0.1) is 13.8 Å². The van der Waals surface area contributed by atoms with Crippen LogP contribution in [0.1, 0.15) is 44.7 Å². The lowest BCUT2D eigenvalue weighted by Gasteiger charge is -2.16. The van der Waals surface area contributed by atoms with Crippen LogP contribution in [0.15, 0.2) is 42.5 Å². The second-order valence-corrected chi connectivity index (χ2v) is 6.43. The Morgan fingerprint density at radius 1 is 1.00 bits per heavy atom. The van der Waals surface area contributed by atoms with Gasteiger partial charge in [0.05, 0.1) is 0 Å². The standard InChI is InChI=1S/C20H21N3O3/c1-13-8-9-17(14(2)11-13)20(26)22-21-19(25)15-5-3-6-16(12-15)23-10-4-7-18(23)24/h3,5-6,8-9,11-12H,4,7,10H2,1-2H3,(H,21,25)(H,22,26). The molecule has 2 aromatic rings. The van der Waals surface area contributed by atoms with E-state index in [1.807, 2.05) is 26.0 Å². The topological polar surface area (TPSA) is 78.5 Å². The molecular weight excluding hydrogens is 330 g/mol. The number of anilines is 1. The second-order valence-electron chi connectivity index (χ2n) is 6.43. The van der Waals surface area contributed by atoms with Crippen molar-refractivity contribution >= 4 is 23.4 Å². The normalized spacial score (nSPS) is 13.6. The molecule has 0 radical (unpaired) electrons. The minimum Gasteiger partial charge on any atom is -0.312 e. The van der Waals surface area contributed by atoms with E-state index in [1.165, 1.54) is 0 Å². The molecule has 26 heavy (non-hydrogen) atoms. The van der Waals surface area contributed by atoms with E-state index >= 15 is 0 Å².